The molecular weight excluding hydrogens is 384 g/mol. The normalized spacial score (nSPS) is 15.4. The second-order valence-electron chi connectivity index (χ2n) is 6.63. The van der Waals surface area contributed by atoms with Crippen molar-refractivity contribution in [3.8, 4) is 0 Å². The molecule has 0 amide bonds. The van der Waals surface area contributed by atoms with Crippen molar-refractivity contribution in [3.05, 3.63) is 94.3 Å². The second-order valence-corrected chi connectivity index (χ2v) is 7.83. The van der Waals surface area contributed by atoms with Crippen molar-refractivity contribution in [1.82, 2.24) is 4.98 Å². The number of carbonyl (C=O) groups is 1. The first kappa shape index (κ1) is 19.4. The van der Waals surface area contributed by atoms with Crippen LogP contribution >= 0.6 is 11.3 Å². The van der Waals surface area contributed by atoms with Crippen molar-refractivity contribution < 1.29 is 14.3 Å². The predicted octanol–water partition coefficient (Wildman–Crippen LogP) is 5.17. The number of aromatic nitrogens is 1. The molecule has 1 aliphatic heterocycles. The fraction of sp³-hybridized carbons (Fsp3) is 0.217. The lowest BCUT2D eigenvalue weighted by Crippen LogP contribution is -2.24. The zero-order chi connectivity index (χ0) is 20.2. The molecule has 1 aromatic heterocycles. The topological polar surface area (TPSA) is 60.5 Å². The van der Waals surface area contributed by atoms with Crippen molar-refractivity contribution in [1.29, 1.82) is 0 Å². The zero-order valence-electron chi connectivity index (χ0n) is 16.3. The van der Waals surface area contributed by atoms with Gasteiger partial charge in [0.1, 0.15) is 22.9 Å². The highest BCUT2D eigenvalue weighted by Gasteiger charge is 2.35. The van der Waals surface area contributed by atoms with Gasteiger partial charge in [0, 0.05) is 6.20 Å². The third kappa shape index (κ3) is 4.09. The molecule has 1 unspecified atom stereocenters. The zero-order valence-corrected chi connectivity index (χ0v) is 17.1. The molecule has 1 N–H and O–H groups in total. The lowest BCUT2D eigenvalue weighted by Gasteiger charge is -2.28. The van der Waals surface area contributed by atoms with E-state index in [0.29, 0.717) is 12.2 Å². The van der Waals surface area contributed by atoms with Crippen LogP contribution in [-0.4, -0.2) is 17.6 Å². The molecule has 1 atom stereocenters. The number of benzene rings is 2. The first-order chi connectivity index (χ1) is 14.2. The molecule has 0 aliphatic carbocycles. The summed E-state index contributed by atoms with van der Waals surface area (Å²) in [6.07, 6.45) is 0.698. The number of esters is 1. The van der Waals surface area contributed by atoms with Gasteiger partial charge in [-0.1, -0.05) is 60.7 Å². The Morgan fingerprint density at radius 1 is 1.10 bits per heavy atom. The molecule has 0 fully saturated rings. The molecule has 4 rings (SSSR count). The minimum absolute atomic E-state index is 0.298. The Labute approximate surface area is 174 Å². The average Bonchev–Trinajstić information content (AvgIpc) is 3.14. The van der Waals surface area contributed by atoms with E-state index < -0.39 is 12.1 Å². The molecule has 0 saturated carbocycles. The minimum atomic E-state index is -0.624. The Morgan fingerprint density at radius 2 is 1.72 bits per heavy atom. The second kappa shape index (κ2) is 8.59. The van der Waals surface area contributed by atoms with E-state index in [0.717, 1.165) is 26.8 Å². The summed E-state index contributed by atoms with van der Waals surface area (Å²) in [5.41, 5.74) is 3.15. The summed E-state index contributed by atoms with van der Waals surface area (Å²) in [7, 11) is 0. The van der Waals surface area contributed by atoms with Gasteiger partial charge in [0.25, 0.3) is 0 Å². The predicted molar refractivity (Wildman–Crippen MR) is 114 cm³/mol. The van der Waals surface area contributed by atoms with Gasteiger partial charge in [0.05, 0.1) is 17.2 Å². The van der Waals surface area contributed by atoms with E-state index >= 15 is 0 Å². The SMILES string of the molecule is CCOC(=O)C1=CNc2sc(C)nc2C1OC(c1ccccc1)c1ccccc1. The standard InChI is InChI=1S/C23H22N2O3S/c1-3-27-23(26)18-14-24-22-19(25-15(2)29-22)21(18)28-20(16-10-6-4-7-11-16)17-12-8-5-9-13-17/h4-14,20-21,24H,3H2,1-2H3. The number of nitrogens with one attached hydrogen (secondary N) is 1. The summed E-state index contributed by atoms with van der Waals surface area (Å²) in [6, 6.07) is 20.0. The highest BCUT2D eigenvalue weighted by molar-refractivity contribution is 7.15. The van der Waals surface area contributed by atoms with E-state index in [2.05, 4.69) is 10.3 Å². The minimum Gasteiger partial charge on any atom is -0.463 e. The first-order valence-electron chi connectivity index (χ1n) is 9.53. The quantitative estimate of drug-likeness (QED) is 0.572. The molecule has 5 nitrogen and oxygen atoms in total. The van der Waals surface area contributed by atoms with E-state index in [1.807, 2.05) is 67.6 Å². The number of hydrogen-bond acceptors (Lipinski definition) is 6. The van der Waals surface area contributed by atoms with Gasteiger partial charge < -0.3 is 14.8 Å². The summed E-state index contributed by atoms with van der Waals surface area (Å²) in [6.45, 7) is 4.03. The fourth-order valence-electron chi connectivity index (χ4n) is 3.35. The number of carbonyl (C=O) groups excluding carboxylic acids is 1. The van der Waals surface area contributed by atoms with Crippen LogP contribution in [0.5, 0.6) is 0 Å². The number of rotatable bonds is 6. The highest BCUT2D eigenvalue weighted by Crippen LogP contribution is 2.42. The van der Waals surface area contributed by atoms with Crippen molar-refractivity contribution in [3.63, 3.8) is 0 Å². The van der Waals surface area contributed by atoms with Gasteiger partial charge >= 0.3 is 5.97 Å². The van der Waals surface area contributed by atoms with Gasteiger partial charge in [-0.2, -0.15) is 0 Å². The van der Waals surface area contributed by atoms with E-state index in [-0.39, 0.29) is 6.10 Å². The number of fused-ring (bicyclic) bond motifs is 1. The van der Waals surface area contributed by atoms with Crippen LogP contribution in [0.15, 0.2) is 72.4 Å². The summed E-state index contributed by atoms with van der Waals surface area (Å²) < 4.78 is 11.9. The van der Waals surface area contributed by atoms with Gasteiger partial charge in [0.15, 0.2) is 0 Å². The lowest BCUT2D eigenvalue weighted by atomic mass is 9.99. The Morgan fingerprint density at radius 3 is 2.31 bits per heavy atom. The van der Waals surface area contributed by atoms with Gasteiger partial charge in [-0.25, -0.2) is 9.78 Å². The Hall–Kier alpha value is -2.96. The molecule has 0 bridgehead atoms. The Balaban J connectivity index is 1.76. The molecule has 2 heterocycles. The maximum absolute atomic E-state index is 12.6. The highest BCUT2D eigenvalue weighted by atomic mass is 32.1. The fourth-order valence-corrected chi connectivity index (χ4v) is 4.16. The van der Waals surface area contributed by atoms with Gasteiger partial charge in [0.2, 0.25) is 0 Å². The number of hydrogen-bond donors (Lipinski definition) is 1. The summed E-state index contributed by atoms with van der Waals surface area (Å²) in [5.74, 6) is -0.402. The summed E-state index contributed by atoms with van der Waals surface area (Å²) in [4.78, 5) is 17.3. The summed E-state index contributed by atoms with van der Waals surface area (Å²) >= 11 is 1.54. The van der Waals surface area contributed by atoms with E-state index in [1.165, 1.54) is 0 Å². The largest absolute Gasteiger partial charge is 0.463 e. The molecule has 2 aromatic carbocycles. The van der Waals surface area contributed by atoms with Gasteiger partial charge in [-0.15, -0.1) is 11.3 Å². The molecule has 0 radical (unpaired) electrons. The number of nitrogens with zero attached hydrogens (tertiary/aromatic N) is 1. The molecule has 0 saturated heterocycles. The Bertz CT molecular complexity index is 976. The van der Waals surface area contributed by atoms with Crippen molar-refractivity contribution in [2.45, 2.75) is 26.1 Å². The van der Waals surface area contributed by atoms with E-state index in [9.17, 15) is 4.79 Å². The van der Waals surface area contributed by atoms with Crippen LogP contribution in [0.25, 0.3) is 0 Å². The van der Waals surface area contributed by atoms with E-state index in [1.54, 1.807) is 24.5 Å². The van der Waals surface area contributed by atoms with Crippen LogP contribution in [0.4, 0.5) is 5.00 Å². The smallest absolute Gasteiger partial charge is 0.338 e. The van der Waals surface area contributed by atoms with Crippen LogP contribution in [0.3, 0.4) is 0 Å². The number of thiazole rings is 1. The average molecular weight is 407 g/mol. The third-order valence-electron chi connectivity index (χ3n) is 4.64. The third-order valence-corrected chi connectivity index (χ3v) is 5.56. The monoisotopic (exact) mass is 406 g/mol. The van der Waals surface area contributed by atoms with Crippen LogP contribution in [-0.2, 0) is 14.3 Å². The van der Waals surface area contributed by atoms with E-state index in [4.69, 9.17) is 9.47 Å². The van der Waals surface area contributed by atoms with Crippen LogP contribution in [0.1, 0.15) is 41.0 Å². The summed E-state index contributed by atoms with van der Waals surface area (Å²) in [5, 5.41) is 4.97. The molecule has 6 heteroatoms. The van der Waals surface area contributed by atoms with Crippen LogP contribution < -0.4 is 5.32 Å². The molecule has 148 valence electrons. The van der Waals surface area contributed by atoms with Gasteiger partial charge in [-0.3, -0.25) is 0 Å². The number of anilines is 1. The molecule has 1 aliphatic rings. The number of ether oxygens (including phenoxy) is 2. The molecule has 0 spiro atoms. The lowest BCUT2D eigenvalue weighted by molar-refractivity contribution is -0.140. The molecule has 29 heavy (non-hydrogen) atoms. The number of aryl methyl sites for hydroxylation is 1. The van der Waals surface area contributed by atoms with Gasteiger partial charge in [-0.05, 0) is 25.0 Å². The molecular formula is C23H22N2O3S. The molecule has 3 aromatic rings. The van der Waals surface area contributed by atoms with Crippen molar-refractivity contribution in [2.24, 2.45) is 0 Å². The first-order valence-corrected chi connectivity index (χ1v) is 10.4. The van der Waals surface area contributed by atoms with Crippen LogP contribution in [0.2, 0.25) is 0 Å². The van der Waals surface area contributed by atoms with Crippen molar-refractivity contribution >= 4 is 22.3 Å². The van der Waals surface area contributed by atoms with Crippen molar-refractivity contribution in [2.75, 3.05) is 11.9 Å². The maximum Gasteiger partial charge on any atom is 0.338 e. The Kier molecular flexibility index (Phi) is 5.74. The van der Waals surface area contributed by atoms with Crippen LogP contribution in [0, 0.1) is 6.92 Å². The maximum atomic E-state index is 12.6.